The standard InChI is InChI=1S/C27H21N5O2.C2H6/c1-3-25(33)31-11-10-17-4-7-21(13-24(17)31)32-26(34)9-6-19-14-28-23-8-5-18(12-22(23)27(19)32)20-15-29-30(2)16-20;1-2/h3-9,12-16H,1,10-11H2,2H3;1-2H3. The summed E-state index contributed by atoms with van der Waals surface area (Å²) < 4.78 is 3.47. The van der Waals surface area contributed by atoms with Gasteiger partial charge in [0, 0.05) is 54.1 Å². The minimum Gasteiger partial charge on any atom is -0.308 e. The summed E-state index contributed by atoms with van der Waals surface area (Å²) in [5.41, 5.74) is 6.02. The Balaban J connectivity index is 0.00000130. The molecule has 0 N–H and O–H groups in total. The summed E-state index contributed by atoms with van der Waals surface area (Å²) in [6, 6.07) is 15.2. The Morgan fingerprint density at radius 1 is 1.03 bits per heavy atom. The molecule has 0 aliphatic carbocycles. The van der Waals surface area contributed by atoms with Crippen LogP contribution in [0.3, 0.4) is 0 Å². The first-order chi connectivity index (χ1) is 17.5. The van der Waals surface area contributed by atoms with Crippen molar-refractivity contribution >= 4 is 33.4 Å². The summed E-state index contributed by atoms with van der Waals surface area (Å²) in [6.45, 7) is 8.23. The number of amides is 1. The molecule has 0 saturated heterocycles. The highest BCUT2D eigenvalue weighted by Gasteiger charge is 2.24. The minimum absolute atomic E-state index is 0.142. The number of aryl methyl sites for hydroxylation is 1. The second kappa shape index (κ2) is 9.26. The van der Waals surface area contributed by atoms with E-state index in [0.29, 0.717) is 12.2 Å². The van der Waals surface area contributed by atoms with Crippen molar-refractivity contribution in [3.05, 3.63) is 95.7 Å². The zero-order valence-corrected chi connectivity index (χ0v) is 20.6. The molecule has 7 heteroatoms. The Labute approximate surface area is 208 Å². The predicted molar refractivity (Wildman–Crippen MR) is 145 cm³/mol. The van der Waals surface area contributed by atoms with Crippen LogP contribution in [0, 0.1) is 0 Å². The lowest BCUT2D eigenvalue weighted by Crippen LogP contribution is -2.27. The molecule has 4 heterocycles. The molecule has 3 aromatic heterocycles. The maximum Gasteiger partial charge on any atom is 0.255 e. The van der Waals surface area contributed by atoms with Gasteiger partial charge in [-0.15, -0.1) is 0 Å². The first-order valence-corrected chi connectivity index (χ1v) is 12.0. The average Bonchev–Trinajstić information content (AvgIpc) is 3.55. The third-order valence-corrected chi connectivity index (χ3v) is 6.42. The van der Waals surface area contributed by atoms with Crippen LogP contribution in [-0.4, -0.2) is 31.8 Å². The Hall–Kier alpha value is -4.52. The highest BCUT2D eigenvalue weighted by atomic mass is 16.2. The van der Waals surface area contributed by atoms with Gasteiger partial charge >= 0.3 is 0 Å². The second-order valence-corrected chi connectivity index (χ2v) is 8.46. The van der Waals surface area contributed by atoms with Crippen molar-refractivity contribution in [2.45, 2.75) is 20.3 Å². The molecule has 5 aromatic rings. The van der Waals surface area contributed by atoms with Gasteiger partial charge in [-0.2, -0.15) is 5.10 Å². The van der Waals surface area contributed by atoms with Crippen LogP contribution in [0.4, 0.5) is 5.69 Å². The zero-order valence-electron chi connectivity index (χ0n) is 20.6. The predicted octanol–water partition coefficient (Wildman–Crippen LogP) is 5.04. The smallest absolute Gasteiger partial charge is 0.255 e. The summed E-state index contributed by atoms with van der Waals surface area (Å²) in [6.07, 6.45) is 7.67. The Kier molecular flexibility index (Phi) is 5.98. The fraction of sp³-hybridized carbons (Fsp3) is 0.172. The van der Waals surface area contributed by atoms with Gasteiger partial charge in [-0.25, -0.2) is 0 Å². The highest BCUT2D eigenvalue weighted by Crippen LogP contribution is 2.33. The molecule has 0 bridgehead atoms. The topological polar surface area (TPSA) is 73.0 Å². The average molecular weight is 478 g/mol. The normalized spacial score (nSPS) is 12.4. The maximum absolute atomic E-state index is 13.2. The van der Waals surface area contributed by atoms with Crippen LogP contribution in [0.2, 0.25) is 0 Å². The summed E-state index contributed by atoms with van der Waals surface area (Å²) in [5.74, 6) is -0.142. The number of hydrogen-bond donors (Lipinski definition) is 0. The molecule has 0 atom stereocenters. The molecule has 7 nitrogen and oxygen atoms in total. The Morgan fingerprint density at radius 2 is 1.86 bits per heavy atom. The lowest BCUT2D eigenvalue weighted by Gasteiger charge is -2.18. The van der Waals surface area contributed by atoms with Gasteiger partial charge in [0.25, 0.3) is 5.56 Å². The molecule has 0 radical (unpaired) electrons. The number of aromatic nitrogens is 4. The van der Waals surface area contributed by atoms with Gasteiger partial charge < -0.3 is 4.90 Å². The van der Waals surface area contributed by atoms with Crippen molar-refractivity contribution in [2.75, 3.05) is 11.4 Å². The molecular weight excluding hydrogens is 450 g/mol. The highest BCUT2D eigenvalue weighted by molar-refractivity contribution is 6.06. The number of nitrogens with zero attached hydrogens (tertiary/aromatic N) is 5. The van der Waals surface area contributed by atoms with Crippen molar-refractivity contribution in [2.24, 2.45) is 7.05 Å². The molecule has 6 rings (SSSR count). The number of hydrogen-bond acceptors (Lipinski definition) is 4. The zero-order chi connectivity index (χ0) is 25.4. The third kappa shape index (κ3) is 3.79. The second-order valence-electron chi connectivity index (χ2n) is 8.46. The first kappa shape index (κ1) is 23.2. The van der Waals surface area contributed by atoms with Crippen LogP contribution < -0.4 is 10.5 Å². The van der Waals surface area contributed by atoms with E-state index in [1.54, 1.807) is 32.5 Å². The van der Waals surface area contributed by atoms with E-state index in [2.05, 4.69) is 22.7 Å². The van der Waals surface area contributed by atoms with Crippen LogP contribution in [0.5, 0.6) is 0 Å². The fourth-order valence-electron chi connectivity index (χ4n) is 4.76. The van der Waals surface area contributed by atoms with E-state index in [0.717, 1.165) is 50.6 Å². The summed E-state index contributed by atoms with van der Waals surface area (Å²) in [4.78, 5) is 31.9. The molecule has 0 unspecified atom stereocenters. The maximum atomic E-state index is 13.2. The fourth-order valence-corrected chi connectivity index (χ4v) is 4.76. The van der Waals surface area contributed by atoms with Crippen molar-refractivity contribution in [3.63, 3.8) is 0 Å². The van der Waals surface area contributed by atoms with E-state index in [9.17, 15) is 9.59 Å². The molecule has 0 fully saturated rings. The van der Waals surface area contributed by atoms with E-state index in [-0.39, 0.29) is 11.5 Å². The van der Waals surface area contributed by atoms with Crippen LogP contribution in [0.25, 0.3) is 38.6 Å². The number of fused-ring (bicyclic) bond motifs is 4. The third-order valence-electron chi connectivity index (χ3n) is 6.42. The van der Waals surface area contributed by atoms with Crippen molar-refractivity contribution in [1.29, 1.82) is 0 Å². The van der Waals surface area contributed by atoms with E-state index < -0.39 is 0 Å². The van der Waals surface area contributed by atoms with Gasteiger partial charge in [0.1, 0.15) is 0 Å². The Bertz CT molecular complexity index is 1700. The van der Waals surface area contributed by atoms with Crippen molar-refractivity contribution in [3.8, 4) is 16.8 Å². The molecule has 1 amide bonds. The van der Waals surface area contributed by atoms with E-state index in [1.807, 2.05) is 63.6 Å². The van der Waals surface area contributed by atoms with E-state index >= 15 is 0 Å². The molecule has 0 spiro atoms. The lowest BCUT2D eigenvalue weighted by molar-refractivity contribution is -0.114. The van der Waals surface area contributed by atoms with Crippen LogP contribution in [-0.2, 0) is 18.3 Å². The molecular formula is C29H27N5O2. The monoisotopic (exact) mass is 477 g/mol. The molecule has 36 heavy (non-hydrogen) atoms. The molecule has 0 saturated carbocycles. The summed E-state index contributed by atoms with van der Waals surface area (Å²) in [7, 11) is 1.88. The SMILES string of the molecule is C=CC(=O)N1CCc2ccc(-n3c(=O)ccc4cnc5ccc(-c6cnn(C)c6)cc5c43)cc21.CC. The number of benzene rings is 2. The number of carbonyl (C=O) groups excluding carboxylic acids is 1. The van der Waals surface area contributed by atoms with E-state index in [4.69, 9.17) is 0 Å². The molecule has 180 valence electrons. The van der Waals surface area contributed by atoms with Crippen LogP contribution in [0.15, 0.2) is 84.6 Å². The van der Waals surface area contributed by atoms with Gasteiger partial charge in [-0.3, -0.25) is 23.8 Å². The number of carbonyl (C=O) groups is 1. The Morgan fingerprint density at radius 3 is 2.61 bits per heavy atom. The number of anilines is 1. The molecule has 1 aliphatic heterocycles. The summed E-state index contributed by atoms with van der Waals surface area (Å²) in [5, 5.41) is 6.01. The molecule has 1 aliphatic rings. The largest absolute Gasteiger partial charge is 0.308 e. The number of rotatable bonds is 3. The van der Waals surface area contributed by atoms with Gasteiger partial charge in [0.2, 0.25) is 5.91 Å². The first-order valence-electron chi connectivity index (χ1n) is 12.0. The van der Waals surface area contributed by atoms with Crippen LogP contribution >= 0.6 is 0 Å². The van der Waals surface area contributed by atoms with Crippen molar-refractivity contribution in [1.82, 2.24) is 19.3 Å². The van der Waals surface area contributed by atoms with Gasteiger partial charge in [0.05, 0.1) is 22.9 Å². The lowest BCUT2D eigenvalue weighted by atomic mass is 10.0. The quantitative estimate of drug-likeness (QED) is 0.270. The van der Waals surface area contributed by atoms with Gasteiger partial charge in [-0.1, -0.05) is 32.6 Å². The van der Waals surface area contributed by atoms with Crippen LogP contribution in [0.1, 0.15) is 19.4 Å². The van der Waals surface area contributed by atoms with Crippen molar-refractivity contribution < 1.29 is 4.79 Å². The minimum atomic E-state index is -0.147. The van der Waals surface area contributed by atoms with Gasteiger partial charge in [0.15, 0.2) is 0 Å². The number of pyridine rings is 2. The summed E-state index contributed by atoms with van der Waals surface area (Å²) >= 11 is 0. The molecule has 2 aromatic carbocycles. The van der Waals surface area contributed by atoms with E-state index in [1.165, 1.54) is 6.08 Å². The van der Waals surface area contributed by atoms with Gasteiger partial charge in [-0.05, 0) is 54.0 Å².